The number of anilines is 1. The van der Waals surface area contributed by atoms with Crippen LogP contribution in [0.3, 0.4) is 0 Å². The molecule has 0 fully saturated rings. The molecular formula is C18H19ClN2O5S. The summed E-state index contributed by atoms with van der Waals surface area (Å²) in [6.45, 7) is 1.33. The first-order chi connectivity index (χ1) is 12.6. The van der Waals surface area contributed by atoms with E-state index < -0.39 is 28.5 Å². The molecule has 0 aliphatic carbocycles. The number of carbonyl (C=O) groups excluding carboxylic acids is 2. The van der Waals surface area contributed by atoms with Crippen molar-refractivity contribution in [3.05, 3.63) is 58.6 Å². The molecule has 2 aromatic rings. The van der Waals surface area contributed by atoms with Gasteiger partial charge in [0.25, 0.3) is 5.91 Å². The van der Waals surface area contributed by atoms with Crippen LogP contribution in [0.1, 0.15) is 15.9 Å². The number of esters is 1. The summed E-state index contributed by atoms with van der Waals surface area (Å²) in [6, 6.07) is 10.5. The lowest BCUT2D eigenvalue weighted by Gasteiger charge is -2.12. The third kappa shape index (κ3) is 5.29. The van der Waals surface area contributed by atoms with Gasteiger partial charge in [-0.3, -0.25) is 4.79 Å². The Hall–Kier alpha value is -2.42. The number of nitrogens with zero attached hydrogens (tertiary/aromatic N) is 1. The molecule has 0 radical (unpaired) electrons. The summed E-state index contributed by atoms with van der Waals surface area (Å²) in [5, 5.41) is 2.92. The number of aryl methyl sites for hydroxylation is 1. The van der Waals surface area contributed by atoms with Gasteiger partial charge in [-0.1, -0.05) is 23.7 Å². The monoisotopic (exact) mass is 410 g/mol. The predicted octanol–water partition coefficient (Wildman–Crippen LogP) is 2.69. The number of hydrogen-bond acceptors (Lipinski definition) is 5. The van der Waals surface area contributed by atoms with Gasteiger partial charge in [-0.05, 0) is 42.8 Å². The van der Waals surface area contributed by atoms with E-state index >= 15 is 0 Å². The molecular weight excluding hydrogens is 392 g/mol. The molecule has 1 amide bonds. The molecule has 9 heteroatoms. The molecule has 7 nitrogen and oxygen atoms in total. The summed E-state index contributed by atoms with van der Waals surface area (Å²) in [7, 11) is -0.902. The number of sulfonamides is 1. The standard InChI is InChI=1S/C18H19ClN2O5S/c1-12-7-8-16(15(19)9-12)20-17(22)11-26-18(23)13-5-4-6-14(10-13)27(24,25)21(2)3/h4-10H,11H2,1-3H3,(H,20,22). The van der Waals surface area contributed by atoms with Gasteiger partial charge in [0.2, 0.25) is 10.0 Å². The summed E-state index contributed by atoms with van der Waals surface area (Å²) in [5.41, 5.74) is 1.37. The van der Waals surface area contributed by atoms with Crippen molar-refractivity contribution in [2.24, 2.45) is 0 Å². The van der Waals surface area contributed by atoms with Crippen LogP contribution in [0.5, 0.6) is 0 Å². The highest BCUT2D eigenvalue weighted by Gasteiger charge is 2.19. The molecule has 0 saturated heterocycles. The quantitative estimate of drug-likeness (QED) is 0.739. The van der Waals surface area contributed by atoms with E-state index in [4.69, 9.17) is 16.3 Å². The SMILES string of the molecule is Cc1ccc(NC(=O)COC(=O)c2cccc(S(=O)(=O)N(C)C)c2)c(Cl)c1. The lowest BCUT2D eigenvalue weighted by molar-refractivity contribution is -0.119. The first-order valence-corrected chi connectivity index (χ1v) is 9.69. The van der Waals surface area contributed by atoms with Gasteiger partial charge in [0.05, 0.1) is 21.2 Å². The summed E-state index contributed by atoms with van der Waals surface area (Å²) >= 11 is 6.03. The maximum absolute atomic E-state index is 12.1. The van der Waals surface area contributed by atoms with Crippen molar-refractivity contribution >= 4 is 39.2 Å². The molecule has 27 heavy (non-hydrogen) atoms. The van der Waals surface area contributed by atoms with Crippen molar-refractivity contribution in [2.45, 2.75) is 11.8 Å². The zero-order chi connectivity index (χ0) is 20.2. The van der Waals surface area contributed by atoms with Crippen molar-refractivity contribution in [1.29, 1.82) is 0 Å². The fourth-order valence-corrected chi connectivity index (χ4v) is 3.35. The molecule has 0 aliphatic heterocycles. The van der Waals surface area contributed by atoms with E-state index in [-0.39, 0.29) is 10.5 Å². The van der Waals surface area contributed by atoms with Gasteiger partial charge in [0, 0.05) is 14.1 Å². The Labute approximate surface area is 162 Å². The van der Waals surface area contributed by atoms with Gasteiger partial charge in [0.1, 0.15) is 0 Å². The number of nitrogens with one attached hydrogen (secondary N) is 1. The molecule has 0 atom stereocenters. The highest BCUT2D eigenvalue weighted by atomic mass is 35.5. The average molecular weight is 411 g/mol. The van der Waals surface area contributed by atoms with Crippen LogP contribution in [0, 0.1) is 6.92 Å². The molecule has 144 valence electrons. The largest absolute Gasteiger partial charge is 0.452 e. The number of amides is 1. The van der Waals surface area contributed by atoms with E-state index in [0.29, 0.717) is 10.7 Å². The first-order valence-electron chi connectivity index (χ1n) is 7.87. The Morgan fingerprint density at radius 3 is 2.48 bits per heavy atom. The van der Waals surface area contributed by atoms with Gasteiger partial charge in [0.15, 0.2) is 6.61 Å². The Bertz CT molecular complexity index is 973. The van der Waals surface area contributed by atoms with Crippen LogP contribution >= 0.6 is 11.6 Å². The Kier molecular flexibility index (Phi) is 6.59. The number of benzene rings is 2. The zero-order valence-corrected chi connectivity index (χ0v) is 16.6. The van der Waals surface area contributed by atoms with E-state index in [9.17, 15) is 18.0 Å². The van der Waals surface area contributed by atoms with Crippen molar-refractivity contribution in [2.75, 3.05) is 26.0 Å². The van der Waals surface area contributed by atoms with Crippen LogP contribution in [0.2, 0.25) is 5.02 Å². The highest BCUT2D eigenvalue weighted by Crippen LogP contribution is 2.22. The molecule has 1 N–H and O–H groups in total. The molecule has 0 spiro atoms. The van der Waals surface area contributed by atoms with Crippen molar-refractivity contribution < 1.29 is 22.7 Å². The van der Waals surface area contributed by atoms with Gasteiger partial charge >= 0.3 is 5.97 Å². The molecule has 0 bridgehead atoms. The Morgan fingerprint density at radius 1 is 1.15 bits per heavy atom. The number of carbonyl (C=O) groups is 2. The first kappa shape index (κ1) is 20.9. The lowest BCUT2D eigenvalue weighted by Crippen LogP contribution is -2.23. The van der Waals surface area contributed by atoms with Crippen LogP contribution < -0.4 is 5.32 Å². The number of ether oxygens (including phenoxy) is 1. The molecule has 2 aromatic carbocycles. The van der Waals surface area contributed by atoms with Crippen LogP contribution in [-0.2, 0) is 19.6 Å². The summed E-state index contributed by atoms with van der Waals surface area (Å²) in [5.74, 6) is -1.37. The summed E-state index contributed by atoms with van der Waals surface area (Å²) in [4.78, 5) is 24.0. The Balaban J connectivity index is 2.02. The second-order valence-electron chi connectivity index (χ2n) is 5.92. The third-order valence-electron chi connectivity index (χ3n) is 3.58. The maximum atomic E-state index is 12.1. The van der Waals surface area contributed by atoms with Crippen molar-refractivity contribution in [3.63, 3.8) is 0 Å². The minimum Gasteiger partial charge on any atom is -0.452 e. The molecule has 0 unspecified atom stereocenters. The minimum atomic E-state index is -3.68. The summed E-state index contributed by atoms with van der Waals surface area (Å²) in [6.07, 6.45) is 0. The van der Waals surface area contributed by atoms with E-state index in [1.807, 2.05) is 6.92 Å². The molecule has 0 aliphatic rings. The fraction of sp³-hybridized carbons (Fsp3) is 0.222. The van der Waals surface area contributed by atoms with E-state index in [1.54, 1.807) is 18.2 Å². The number of halogens is 1. The van der Waals surface area contributed by atoms with Crippen LogP contribution in [-0.4, -0.2) is 45.3 Å². The smallest absolute Gasteiger partial charge is 0.338 e. The second-order valence-corrected chi connectivity index (χ2v) is 8.48. The predicted molar refractivity (Wildman–Crippen MR) is 102 cm³/mol. The summed E-state index contributed by atoms with van der Waals surface area (Å²) < 4.78 is 30.2. The van der Waals surface area contributed by atoms with Crippen LogP contribution in [0.25, 0.3) is 0 Å². The van der Waals surface area contributed by atoms with Gasteiger partial charge < -0.3 is 10.1 Å². The van der Waals surface area contributed by atoms with Crippen molar-refractivity contribution in [3.8, 4) is 0 Å². The molecule has 0 aromatic heterocycles. The van der Waals surface area contributed by atoms with Gasteiger partial charge in [-0.25, -0.2) is 17.5 Å². The van der Waals surface area contributed by atoms with Gasteiger partial charge in [-0.15, -0.1) is 0 Å². The fourth-order valence-electron chi connectivity index (χ4n) is 2.12. The third-order valence-corrected chi connectivity index (χ3v) is 5.71. The van der Waals surface area contributed by atoms with Gasteiger partial charge in [-0.2, -0.15) is 0 Å². The topological polar surface area (TPSA) is 92.8 Å². The van der Waals surface area contributed by atoms with E-state index in [1.165, 1.54) is 38.4 Å². The molecule has 2 rings (SSSR count). The number of hydrogen-bond donors (Lipinski definition) is 1. The minimum absolute atomic E-state index is 0.0269. The maximum Gasteiger partial charge on any atom is 0.338 e. The normalized spacial score (nSPS) is 11.3. The van der Waals surface area contributed by atoms with E-state index in [0.717, 1.165) is 9.87 Å². The van der Waals surface area contributed by atoms with Crippen molar-refractivity contribution in [1.82, 2.24) is 4.31 Å². The lowest BCUT2D eigenvalue weighted by atomic mass is 10.2. The molecule has 0 heterocycles. The average Bonchev–Trinajstić information content (AvgIpc) is 2.62. The second kappa shape index (κ2) is 8.51. The zero-order valence-electron chi connectivity index (χ0n) is 15.0. The van der Waals surface area contributed by atoms with E-state index in [2.05, 4.69) is 5.32 Å². The van der Waals surface area contributed by atoms with Crippen LogP contribution in [0.15, 0.2) is 47.4 Å². The van der Waals surface area contributed by atoms with Crippen LogP contribution in [0.4, 0.5) is 5.69 Å². The molecule has 0 saturated carbocycles. The Morgan fingerprint density at radius 2 is 1.85 bits per heavy atom. The highest BCUT2D eigenvalue weighted by molar-refractivity contribution is 7.89. The number of rotatable bonds is 6.